The molecule has 0 radical (unpaired) electrons. The van der Waals surface area contributed by atoms with Gasteiger partial charge in [-0.2, -0.15) is 0 Å². The van der Waals surface area contributed by atoms with Crippen LogP contribution in [0.1, 0.15) is 17.0 Å². The molecule has 10 nitrogen and oxygen atoms in total. The van der Waals surface area contributed by atoms with E-state index in [-0.39, 0.29) is 24.0 Å². The molecule has 37 heavy (non-hydrogen) atoms. The molecule has 1 amide bonds. The van der Waals surface area contributed by atoms with Crippen LogP contribution in [-0.4, -0.2) is 38.5 Å². The van der Waals surface area contributed by atoms with Crippen molar-refractivity contribution in [3.63, 3.8) is 0 Å². The number of ether oxygens (including phenoxy) is 2. The van der Waals surface area contributed by atoms with Crippen molar-refractivity contribution in [2.24, 2.45) is 0 Å². The van der Waals surface area contributed by atoms with Gasteiger partial charge in [-0.25, -0.2) is 0 Å². The number of aromatic nitrogens is 3. The topological polar surface area (TPSA) is 121 Å². The quantitative estimate of drug-likeness (QED) is 0.174. The van der Waals surface area contributed by atoms with Gasteiger partial charge in [0.25, 0.3) is 5.69 Å². The standard InChI is InChI=1S/C26H25N5O5S/c1-17-4-6-19(7-5-17)30-24(15-36-22-11-9-21(35-3)10-12-22)28-29-26(30)37-16-25(32)27-23-13-8-20(31(33)34)14-18(23)2/h4-14H,15-16H2,1-3H3,(H,27,32). The summed E-state index contributed by atoms with van der Waals surface area (Å²) in [6.07, 6.45) is 0. The fourth-order valence-electron chi connectivity index (χ4n) is 3.48. The minimum absolute atomic E-state index is 0.0274. The van der Waals surface area contributed by atoms with E-state index in [1.165, 1.54) is 30.0 Å². The number of anilines is 1. The molecule has 1 aromatic heterocycles. The van der Waals surface area contributed by atoms with Crippen LogP contribution in [0.2, 0.25) is 0 Å². The highest BCUT2D eigenvalue weighted by Crippen LogP contribution is 2.26. The molecule has 4 rings (SSSR count). The number of non-ortho nitro benzene ring substituents is 1. The van der Waals surface area contributed by atoms with E-state index in [0.717, 1.165) is 17.0 Å². The van der Waals surface area contributed by atoms with Crippen molar-refractivity contribution in [1.82, 2.24) is 14.8 Å². The Balaban J connectivity index is 1.49. The maximum atomic E-state index is 12.7. The summed E-state index contributed by atoms with van der Waals surface area (Å²) in [4.78, 5) is 23.1. The number of methoxy groups -OCH3 is 1. The number of thioether (sulfide) groups is 1. The van der Waals surface area contributed by atoms with Crippen molar-refractivity contribution >= 4 is 29.0 Å². The van der Waals surface area contributed by atoms with Gasteiger partial charge < -0.3 is 14.8 Å². The zero-order chi connectivity index (χ0) is 26.4. The van der Waals surface area contributed by atoms with Gasteiger partial charge in [0.15, 0.2) is 11.0 Å². The molecule has 1 heterocycles. The predicted molar refractivity (Wildman–Crippen MR) is 141 cm³/mol. The molecule has 1 N–H and O–H groups in total. The lowest BCUT2D eigenvalue weighted by atomic mass is 10.2. The van der Waals surface area contributed by atoms with Crippen LogP contribution in [0.25, 0.3) is 5.69 Å². The lowest BCUT2D eigenvalue weighted by molar-refractivity contribution is -0.384. The molecule has 11 heteroatoms. The number of nitro benzene ring substituents is 1. The van der Waals surface area contributed by atoms with Crippen molar-refractivity contribution in [2.75, 3.05) is 18.2 Å². The summed E-state index contributed by atoms with van der Waals surface area (Å²) >= 11 is 1.23. The van der Waals surface area contributed by atoms with Crippen LogP contribution in [0.5, 0.6) is 11.5 Å². The summed E-state index contributed by atoms with van der Waals surface area (Å²) in [5.41, 5.74) is 3.05. The van der Waals surface area contributed by atoms with E-state index in [1.54, 1.807) is 14.0 Å². The number of rotatable bonds is 10. The SMILES string of the molecule is COc1ccc(OCc2nnc(SCC(=O)Nc3ccc([N+](=O)[O-])cc3C)n2-c2ccc(C)cc2)cc1. The highest BCUT2D eigenvalue weighted by atomic mass is 32.2. The number of hydrogen-bond donors (Lipinski definition) is 1. The molecule has 0 aliphatic rings. The number of benzene rings is 3. The molecule has 0 fully saturated rings. The van der Waals surface area contributed by atoms with Crippen molar-refractivity contribution in [2.45, 2.75) is 25.6 Å². The van der Waals surface area contributed by atoms with Gasteiger partial charge in [0.2, 0.25) is 5.91 Å². The summed E-state index contributed by atoms with van der Waals surface area (Å²) in [6.45, 7) is 3.88. The van der Waals surface area contributed by atoms with Gasteiger partial charge >= 0.3 is 0 Å². The second-order valence-electron chi connectivity index (χ2n) is 8.13. The first-order valence-electron chi connectivity index (χ1n) is 11.3. The summed E-state index contributed by atoms with van der Waals surface area (Å²) in [5.74, 6) is 1.77. The fraction of sp³-hybridized carbons (Fsp3) is 0.192. The molecule has 0 aliphatic carbocycles. The van der Waals surface area contributed by atoms with Crippen molar-refractivity contribution in [3.05, 3.63) is 93.8 Å². The Bertz CT molecular complexity index is 1400. The molecule has 190 valence electrons. The highest BCUT2D eigenvalue weighted by molar-refractivity contribution is 7.99. The molecule has 0 unspecified atom stereocenters. The van der Waals surface area contributed by atoms with Crippen LogP contribution in [0.3, 0.4) is 0 Å². The number of aryl methyl sites for hydroxylation is 2. The van der Waals surface area contributed by atoms with E-state index in [4.69, 9.17) is 9.47 Å². The smallest absolute Gasteiger partial charge is 0.269 e. The molecule has 0 aliphatic heterocycles. The van der Waals surface area contributed by atoms with Gasteiger partial charge in [0.05, 0.1) is 17.8 Å². The summed E-state index contributed by atoms with van der Waals surface area (Å²) in [7, 11) is 1.60. The molecular formula is C26H25N5O5S. The Labute approximate surface area is 217 Å². The number of carbonyl (C=O) groups excluding carboxylic acids is 1. The Morgan fingerprint density at radius 3 is 2.38 bits per heavy atom. The van der Waals surface area contributed by atoms with Crippen LogP contribution >= 0.6 is 11.8 Å². The average Bonchev–Trinajstić information content (AvgIpc) is 3.30. The lowest BCUT2D eigenvalue weighted by Crippen LogP contribution is -2.15. The van der Waals surface area contributed by atoms with Crippen LogP contribution in [-0.2, 0) is 11.4 Å². The average molecular weight is 520 g/mol. The molecule has 0 spiro atoms. The maximum absolute atomic E-state index is 12.7. The molecule has 0 saturated carbocycles. The summed E-state index contributed by atoms with van der Waals surface area (Å²) in [5, 5.41) is 22.9. The Morgan fingerprint density at radius 1 is 1.03 bits per heavy atom. The fourth-order valence-corrected chi connectivity index (χ4v) is 4.25. The molecular weight excluding hydrogens is 494 g/mol. The highest BCUT2D eigenvalue weighted by Gasteiger charge is 2.17. The van der Waals surface area contributed by atoms with E-state index in [2.05, 4.69) is 15.5 Å². The van der Waals surface area contributed by atoms with E-state index in [1.807, 2.05) is 60.0 Å². The molecule has 0 saturated heterocycles. The largest absolute Gasteiger partial charge is 0.497 e. The van der Waals surface area contributed by atoms with Crippen molar-refractivity contribution < 1.29 is 19.2 Å². The van der Waals surface area contributed by atoms with E-state index < -0.39 is 4.92 Å². The zero-order valence-electron chi connectivity index (χ0n) is 20.5. The first-order chi connectivity index (χ1) is 17.8. The third-order valence-electron chi connectivity index (χ3n) is 5.45. The van der Waals surface area contributed by atoms with Crippen molar-refractivity contribution in [1.29, 1.82) is 0 Å². The van der Waals surface area contributed by atoms with Gasteiger partial charge in [0.1, 0.15) is 18.1 Å². The van der Waals surface area contributed by atoms with Gasteiger partial charge in [-0.3, -0.25) is 19.5 Å². The number of amides is 1. The Kier molecular flexibility index (Phi) is 8.04. The Hall–Kier alpha value is -4.38. The van der Waals surface area contributed by atoms with Crippen LogP contribution < -0.4 is 14.8 Å². The van der Waals surface area contributed by atoms with Crippen LogP contribution in [0.15, 0.2) is 71.9 Å². The first-order valence-corrected chi connectivity index (χ1v) is 12.3. The van der Waals surface area contributed by atoms with Gasteiger partial charge in [-0.15, -0.1) is 10.2 Å². The summed E-state index contributed by atoms with van der Waals surface area (Å²) in [6, 6.07) is 19.4. The van der Waals surface area contributed by atoms with Crippen molar-refractivity contribution in [3.8, 4) is 17.2 Å². The van der Waals surface area contributed by atoms with E-state index in [9.17, 15) is 14.9 Å². The summed E-state index contributed by atoms with van der Waals surface area (Å²) < 4.78 is 13.0. The van der Waals surface area contributed by atoms with Gasteiger partial charge in [0, 0.05) is 23.5 Å². The molecule has 3 aromatic carbocycles. The Morgan fingerprint density at radius 2 is 1.73 bits per heavy atom. The first kappa shape index (κ1) is 25.7. The predicted octanol–water partition coefficient (Wildman–Crippen LogP) is 5.11. The van der Waals surface area contributed by atoms with E-state index in [0.29, 0.717) is 28.0 Å². The second kappa shape index (κ2) is 11.6. The number of hydrogen-bond acceptors (Lipinski definition) is 8. The minimum atomic E-state index is -0.470. The normalized spacial score (nSPS) is 10.7. The van der Waals surface area contributed by atoms with Crippen LogP contribution in [0.4, 0.5) is 11.4 Å². The molecule has 0 bridgehead atoms. The molecule has 0 atom stereocenters. The monoisotopic (exact) mass is 519 g/mol. The van der Waals surface area contributed by atoms with E-state index >= 15 is 0 Å². The third kappa shape index (κ3) is 6.44. The second-order valence-corrected chi connectivity index (χ2v) is 9.07. The lowest BCUT2D eigenvalue weighted by Gasteiger charge is -2.12. The number of nitrogens with one attached hydrogen (secondary N) is 1. The van der Waals surface area contributed by atoms with Crippen LogP contribution in [0, 0.1) is 24.0 Å². The number of carbonyl (C=O) groups is 1. The number of nitrogens with zero attached hydrogens (tertiary/aromatic N) is 4. The minimum Gasteiger partial charge on any atom is -0.497 e. The third-order valence-corrected chi connectivity index (χ3v) is 6.38. The van der Waals surface area contributed by atoms with Gasteiger partial charge in [-0.05, 0) is 61.9 Å². The number of nitro groups is 1. The van der Waals surface area contributed by atoms with Gasteiger partial charge in [-0.1, -0.05) is 29.5 Å². The zero-order valence-corrected chi connectivity index (χ0v) is 21.3. The molecule has 4 aromatic rings. The maximum Gasteiger partial charge on any atom is 0.269 e.